The van der Waals surface area contributed by atoms with Gasteiger partial charge in [0.1, 0.15) is 0 Å². The van der Waals surface area contributed by atoms with E-state index in [2.05, 4.69) is 19.2 Å². The van der Waals surface area contributed by atoms with E-state index < -0.39 is 9.05 Å². The van der Waals surface area contributed by atoms with Gasteiger partial charge in [0.25, 0.3) is 15.0 Å². The quantitative estimate of drug-likeness (QED) is 0.849. The van der Waals surface area contributed by atoms with Crippen molar-refractivity contribution in [3.8, 4) is 0 Å². The first-order valence-electron chi connectivity index (χ1n) is 6.47. The van der Waals surface area contributed by atoms with E-state index in [1.165, 1.54) is 6.07 Å². The van der Waals surface area contributed by atoms with Gasteiger partial charge in [0.05, 0.1) is 4.90 Å². The molecule has 4 nitrogen and oxygen atoms in total. The van der Waals surface area contributed by atoms with Crippen LogP contribution in [0.25, 0.3) is 0 Å². The summed E-state index contributed by atoms with van der Waals surface area (Å²) in [5.74, 6) is 0.182. The summed E-state index contributed by atoms with van der Waals surface area (Å²) >= 11 is 0. The van der Waals surface area contributed by atoms with Gasteiger partial charge in [0.15, 0.2) is 0 Å². The van der Waals surface area contributed by atoms with Gasteiger partial charge in [0.2, 0.25) is 0 Å². The second-order valence-corrected chi connectivity index (χ2v) is 7.96. The molecule has 6 heteroatoms. The lowest BCUT2D eigenvalue weighted by Gasteiger charge is -2.16. The van der Waals surface area contributed by atoms with Crippen molar-refractivity contribution in [2.24, 2.45) is 5.92 Å². The lowest BCUT2D eigenvalue weighted by molar-refractivity contribution is 0.0936. The lowest BCUT2D eigenvalue weighted by Crippen LogP contribution is -2.33. The number of nitrogens with one attached hydrogen (secondary N) is 1. The third kappa shape index (κ3) is 4.80. The number of amides is 1. The first kappa shape index (κ1) is 17.0. The number of hydrogen-bond acceptors (Lipinski definition) is 3. The zero-order valence-electron chi connectivity index (χ0n) is 12.1. The Labute approximate surface area is 124 Å². The summed E-state index contributed by atoms with van der Waals surface area (Å²) in [5.41, 5.74) is 0.817. The molecule has 0 spiro atoms. The van der Waals surface area contributed by atoms with Crippen molar-refractivity contribution in [2.75, 3.05) is 0 Å². The molecule has 1 aromatic carbocycles. The summed E-state index contributed by atoms with van der Waals surface area (Å²) in [4.78, 5) is 12.1. The number of rotatable bonds is 5. The average Bonchev–Trinajstić information content (AvgIpc) is 2.26. The maximum Gasteiger partial charge on any atom is 0.261 e. The molecular formula is C14H20ClNO3S. The number of carbonyl (C=O) groups is 1. The van der Waals surface area contributed by atoms with E-state index in [-0.39, 0.29) is 16.8 Å². The molecule has 0 aliphatic rings. The van der Waals surface area contributed by atoms with Crippen LogP contribution in [0.3, 0.4) is 0 Å². The summed E-state index contributed by atoms with van der Waals surface area (Å²) in [6, 6.07) is 4.52. The standard InChI is InChI=1S/C14H20ClNO3S/c1-9(2)7-11(4)16-14(17)12-6-5-10(3)13(8-12)20(15,18)19/h5-6,8-9,11H,7H2,1-4H3,(H,16,17). The van der Waals surface area contributed by atoms with Crippen molar-refractivity contribution < 1.29 is 13.2 Å². The maximum absolute atomic E-state index is 12.1. The van der Waals surface area contributed by atoms with Gasteiger partial charge < -0.3 is 5.32 Å². The molecule has 0 aliphatic heterocycles. The van der Waals surface area contributed by atoms with Crippen molar-refractivity contribution in [3.05, 3.63) is 29.3 Å². The minimum Gasteiger partial charge on any atom is -0.350 e. The first-order valence-corrected chi connectivity index (χ1v) is 8.78. The normalized spacial score (nSPS) is 13.3. The SMILES string of the molecule is Cc1ccc(C(=O)NC(C)CC(C)C)cc1S(=O)(=O)Cl. The Morgan fingerprint density at radius 1 is 1.30 bits per heavy atom. The van der Waals surface area contributed by atoms with E-state index in [4.69, 9.17) is 10.7 Å². The van der Waals surface area contributed by atoms with Gasteiger partial charge in [-0.25, -0.2) is 8.42 Å². The molecule has 1 amide bonds. The number of halogens is 1. The second-order valence-electron chi connectivity index (χ2n) is 5.42. The summed E-state index contributed by atoms with van der Waals surface area (Å²) in [6.45, 7) is 7.71. The van der Waals surface area contributed by atoms with Gasteiger partial charge in [-0.1, -0.05) is 19.9 Å². The molecule has 0 heterocycles. The molecule has 0 saturated carbocycles. The Bertz CT molecular complexity index is 596. The largest absolute Gasteiger partial charge is 0.350 e. The first-order chi connectivity index (χ1) is 9.11. The van der Waals surface area contributed by atoms with Crippen LogP contribution < -0.4 is 5.32 Å². The number of benzene rings is 1. The van der Waals surface area contributed by atoms with Crippen LogP contribution in [0.4, 0.5) is 0 Å². The summed E-state index contributed by atoms with van der Waals surface area (Å²) in [5, 5.41) is 2.85. The fourth-order valence-electron chi connectivity index (χ4n) is 2.08. The molecule has 1 unspecified atom stereocenters. The van der Waals surface area contributed by atoms with Crippen LogP contribution in [-0.2, 0) is 9.05 Å². The Morgan fingerprint density at radius 3 is 2.40 bits per heavy atom. The fraction of sp³-hybridized carbons (Fsp3) is 0.500. The van der Waals surface area contributed by atoms with Crippen LogP contribution in [-0.4, -0.2) is 20.4 Å². The number of carbonyl (C=O) groups excluding carboxylic acids is 1. The molecule has 1 aromatic rings. The van der Waals surface area contributed by atoms with Crippen molar-refractivity contribution >= 4 is 25.6 Å². The monoisotopic (exact) mass is 317 g/mol. The molecule has 0 saturated heterocycles. The highest BCUT2D eigenvalue weighted by atomic mass is 35.7. The van der Waals surface area contributed by atoms with E-state index in [0.29, 0.717) is 17.0 Å². The van der Waals surface area contributed by atoms with Gasteiger partial charge >= 0.3 is 0 Å². The zero-order chi connectivity index (χ0) is 15.5. The molecule has 0 aromatic heterocycles. The van der Waals surface area contributed by atoms with Gasteiger partial charge in [-0.05, 0) is 43.9 Å². The highest BCUT2D eigenvalue weighted by Crippen LogP contribution is 2.21. The van der Waals surface area contributed by atoms with Crippen LogP contribution >= 0.6 is 10.7 Å². The number of hydrogen-bond donors (Lipinski definition) is 1. The van der Waals surface area contributed by atoms with Crippen LogP contribution in [0.15, 0.2) is 23.1 Å². The molecule has 1 rings (SSSR count). The molecule has 0 bridgehead atoms. The maximum atomic E-state index is 12.1. The molecule has 0 aliphatic carbocycles. The van der Waals surface area contributed by atoms with Gasteiger partial charge in [-0.2, -0.15) is 0 Å². The predicted molar refractivity (Wildman–Crippen MR) is 80.6 cm³/mol. The van der Waals surface area contributed by atoms with Crippen LogP contribution in [0, 0.1) is 12.8 Å². The Hall–Kier alpha value is -1.07. The van der Waals surface area contributed by atoms with Crippen molar-refractivity contribution in [2.45, 2.75) is 45.1 Å². The van der Waals surface area contributed by atoms with E-state index in [0.717, 1.165) is 6.42 Å². The summed E-state index contributed by atoms with van der Waals surface area (Å²) in [6.07, 6.45) is 0.859. The van der Waals surface area contributed by atoms with Crippen molar-refractivity contribution in [1.82, 2.24) is 5.32 Å². The van der Waals surface area contributed by atoms with Crippen LogP contribution in [0.2, 0.25) is 0 Å². The van der Waals surface area contributed by atoms with Gasteiger partial charge in [-0.15, -0.1) is 0 Å². The molecule has 1 atom stereocenters. The highest BCUT2D eigenvalue weighted by molar-refractivity contribution is 8.13. The van der Waals surface area contributed by atoms with Crippen LogP contribution in [0.1, 0.15) is 43.1 Å². The van der Waals surface area contributed by atoms with Gasteiger partial charge in [-0.3, -0.25) is 4.79 Å². The smallest absolute Gasteiger partial charge is 0.261 e. The summed E-state index contributed by atoms with van der Waals surface area (Å²) < 4.78 is 22.9. The topological polar surface area (TPSA) is 63.2 Å². The molecule has 0 radical (unpaired) electrons. The second kappa shape index (κ2) is 6.59. The molecule has 112 valence electrons. The van der Waals surface area contributed by atoms with E-state index in [1.807, 2.05) is 6.92 Å². The molecular weight excluding hydrogens is 298 g/mol. The fourth-order valence-corrected chi connectivity index (χ4v) is 3.30. The average molecular weight is 318 g/mol. The third-order valence-electron chi connectivity index (χ3n) is 2.92. The van der Waals surface area contributed by atoms with Crippen LogP contribution in [0.5, 0.6) is 0 Å². The van der Waals surface area contributed by atoms with Crippen molar-refractivity contribution in [3.63, 3.8) is 0 Å². The Balaban J connectivity index is 2.95. The van der Waals surface area contributed by atoms with E-state index in [1.54, 1.807) is 19.1 Å². The zero-order valence-corrected chi connectivity index (χ0v) is 13.7. The van der Waals surface area contributed by atoms with Crippen molar-refractivity contribution in [1.29, 1.82) is 0 Å². The molecule has 1 N–H and O–H groups in total. The summed E-state index contributed by atoms with van der Waals surface area (Å²) in [7, 11) is 1.51. The van der Waals surface area contributed by atoms with E-state index in [9.17, 15) is 13.2 Å². The predicted octanol–water partition coefficient (Wildman–Crippen LogP) is 3.09. The van der Waals surface area contributed by atoms with E-state index >= 15 is 0 Å². The molecule has 0 fully saturated rings. The minimum atomic E-state index is -3.84. The highest BCUT2D eigenvalue weighted by Gasteiger charge is 2.17. The Kier molecular flexibility index (Phi) is 5.59. The Morgan fingerprint density at radius 2 is 1.90 bits per heavy atom. The number of aryl methyl sites for hydroxylation is 1. The third-order valence-corrected chi connectivity index (χ3v) is 4.38. The minimum absolute atomic E-state index is 0.0247. The van der Waals surface area contributed by atoms with Gasteiger partial charge in [0, 0.05) is 22.3 Å². The lowest BCUT2D eigenvalue weighted by atomic mass is 10.0. The molecule has 20 heavy (non-hydrogen) atoms.